The molecule has 0 bridgehead atoms. The molecular weight excluding hydrogens is 288 g/mol. The first kappa shape index (κ1) is 16.5. The minimum absolute atomic E-state index is 0.0180. The molecule has 1 aliphatic carbocycles. The molecule has 0 aromatic heterocycles. The van der Waals surface area contributed by atoms with Gasteiger partial charge in [-0.1, -0.05) is 18.2 Å². The van der Waals surface area contributed by atoms with Crippen LogP contribution in [0.2, 0.25) is 0 Å². The maximum atomic E-state index is 11.8. The van der Waals surface area contributed by atoms with Crippen molar-refractivity contribution in [3.05, 3.63) is 35.5 Å². The Hall–Kier alpha value is -1.92. The van der Waals surface area contributed by atoms with Gasteiger partial charge < -0.3 is 19.7 Å². The third kappa shape index (κ3) is 2.98. The number of methoxy groups -OCH3 is 1. The number of allylic oxidation sites excluding steroid dienone is 2. The third-order valence-electron chi connectivity index (χ3n) is 4.04. The van der Waals surface area contributed by atoms with Crippen molar-refractivity contribution < 1.29 is 29.3 Å². The summed E-state index contributed by atoms with van der Waals surface area (Å²) < 4.78 is 9.85. The molecule has 0 amide bonds. The van der Waals surface area contributed by atoms with Crippen molar-refractivity contribution >= 4 is 11.9 Å². The molecule has 1 fully saturated rings. The maximum Gasteiger partial charge on any atom is 0.336 e. The van der Waals surface area contributed by atoms with E-state index in [2.05, 4.69) is 11.3 Å². The van der Waals surface area contributed by atoms with Crippen LogP contribution in [-0.2, 0) is 19.1 Å². The minimum atomic E-state index is -1.47. The van der Waals surface area contributed by atoms with Gasteiger partial charge in [0.15, 0.2) is 0 Å². The van der Waals surface area contributed by atoms with E-state index in [1.54, 1.807) is 12.2 Å². The zero-order chi connectivity index (χ0) is 16.4. The Morgan fingerprint density at radius 3 is 2.77 bits per heavy atom. The second kappa shape index (κ2) is 6.46. The van der Waals surface area contributed by atoms with Crippen molar-refractivity contribution in [2.45, 2.75) is 38.1 Å². The molecule has 1 aliphatic heterocycles. The summed E-state index contributed by atoms with van der Waals surface area (Å²) in [5.74, 6) is -2.11. The predicted octanol–water partition coefficient (Wildman–Crippen LogP) is 0.645. The molecule has 0 aromatic carbocycles. The van der Waals surface area contributed by atoms with Crippen LogP contribution in [0.1, 0.15) is 19.8 Å². The Labute approximate surface area is 128 Å². The molecule has 0 radical (unpaired) electrons. The second-order valence-corrected chi connectivity index (χ2v) is 5.56. The van der Waals surface area contributed by atoms with Crippen LogP contribution in [0.3, 0.4) is 0 Å². The number of aliphatic hydroxyl groups excluding tert-OH is 2. The van der Waals surface area contributed by atoms with Crippen molar-refractivity contribution in [1.82, 2.24) is 0 Å². The van der Waals surface area contributed by atoms with Gasteiger partial charge in [-0.25, -0.2) is 9.59 Å². The molecule has 2 rings (SSSR count). The number of esters is 2. The molecule has 2 N–H and O–H groups in total. The van der Waals surface area contributed by atoms with Crippen LogP contribution >= 0.6 is 0 Å². The highest BCUT2D eigenvalue weighted by atomic mass is 16.6. The summed E-state index contributed by atoms with van der Waals surface area (Å²) in [6, 6.07) is 0. The van der Waals surface area contributed by atoms with Gasteiger partial charge in [0.2, 0.25) is 0 Å². The number of hydrogen-bond acceptors (Lipinski definition) is 6. The van der Waals surface area contributed by atoms with Crippen LogP contribution in [0.25, 0.3) is 0 Å². The largest absolute Gasteiger partial charge is 0.466 e. The molecule has 0 spiro atoms. The number of fused-ring (bicyclic) bond motifs is 1. The molecule has 0 unspecified atom stereocenters. The molecule has 6 nitrogen and oxygen atoms in total. The van der Waals surface area contributed by atoms with Gasteiger partial charge in [-0.05, 0) is 25.8 Å². The van der Waals surface area contributed by atoms with Crippen molar-refractivity contribution in [3.63, 3.8) is 0 Å². The normalized spacial score (nSPS) is 37.3. The molecule has 4 atom stereocenters. The van der Waals surface area contributed by atoms with E-state index in [9.17, 15) is 19.8 Å². The zero-order valence-corrected chi connectivity index (χ0v) is 12.6. The predicted molar refractivity (Wildman–Crippen MR) is 77.6 cm³/mol. The van der Waals surface area contributed by atoms with Gasteiger partial charge in [-0.2, -0.15) is 0 Å². The smallest absolute Gasteiger partial charge is 0.336 e. The monoisotopic (exact) mass is 308 g/mol. The van der Waals surface area contributed by atoms with Crippen LogP contribution in [0.15, 0.2) is 35.5 Å². The fourth-order valence-corrected chi connectivity index (χ4v) is 2.79. The highest BCUT2D eigenvalue weighted by Crippen LogP contribution is 2.34. The SMILES string of the molecule is C=C1C(=O)O[C@@H]2/C=C(\C)CC/C=C(/C(=O)OC)[C@H](O)[C@@H](O)[C@@H]12. The molecule has 2 aliphatic rings. The van der Waals surface area contributed by atoms with Crippen molar-refractivity contribution in [3.8, 4) is 0 Å². The highest BCUT2D eigenvalue weighted by Gasteiger charge is 2.45. The first-order valence-corrected chi connectivity index (χ1v) is 7.08. The lowest BCUT2D eigenvalue weighted by molar-refractivity contribution is -0.140. The second-order valence-electron chi connectivity index (χ2n) is 5.56. The van der Waals surface area contributed by atoms with E-state index in [1.165, 1.54) is 7.11 Å². The summed E-state index contributed by atoms with van der Waals surface area (Å²) in [7, 11) is 1.20. The molecule has 6 heteroatoms. The van der Waals surface area contributed by atoms with E-state index in [1.807, 2.05) is 6.92 Å². The van der Waals surface area contributed by atoms with E-state index >= 15 is 0 Å². The first-order valence-electron chi connectivity index (χ1n) is 7.08. The van der Waals surface area contributed by atoms with Crippen LogP contribution in [0.5, 0.6) is 0 Å². The summed E-state index contributed by atoms with van der Waals surface area (Å²) in [5, 5.41) is 20.8. The molecule has 22 heavy (non-hydrogen) atoms. The highest BCUT2D eigenvalue weighted by molar-refractivity contribution is 5.92. The molecule has 120 valence electrons. The van der Waals surface area contributed by atoms with Crippen LogP contribution in [0, 0.1) is 5.92 Å². The van der Waals surface area contributed by atoms with E-state index in [0.717, 1.165) is 5.57 Å². The number of carbonyl (C=O) groups is 2. The van der Waals surface area contributed by atoms with Gasteiger partial charge in [-0.3, -0.25) is 0 Å². The quantitative estimate of drug-likeness (QED) is 0.420. The van der Waals surface area contributed by atoms with E-state index < -0.39 is 36.2 Å². The Balaban J connectivity index is 2.43. The lowest BCUT2D eigenvalue weighted by Gasteiger charge is -2.27. The summed E-state index contributed by atoms with van der Waals surface area (Å²) in [6.45, 7) is 5.51. The Bertz CT molecular complexity index is 559. The average Bonchev–Trinajstić information content (AvgIpc) is 2.75. The van der Waals surface area contributed by atoms with E-state index in [-0.39, 0.29) is 11.1 Å². The molecule has 0 aromatic rings. The minimum Gasteiger partial charge on any atom is -0.466 e. The summed E-state index contributed by atoms with van der Waals surface area (Å²) in [5.41, 5.74) is 1.03. The van der Waals surface area contributed by atoms with Gasteiger partial charge in [0.1, 0.15) is 12.2 Å². The average molecular weight is 308 g/mol. The van der Waals surface area contributed by atoms with Crippen molar-refractivity contribution in [1.29, 1.82) is 0 Å². The van der Waals surface area contributed by atoms with Gasteiger partial charge >= 0.3 is 11.9 Å². The van der Waals surface area contributed by atoms with Gasteiger partial charge in [0.25, 0.3) is 0 Å². The van der Waals surface area contributed by atoms with Gasteiger partial charge in [0, 0.05) is 5.57 Å². The standard InChI is InChI=1S/C16H20O6/c1-8-5-4-6-10(16(20)21-3)13(17)14(18)12-9(2)15(19)22-11(12)7-8/h6-7,11-14,17-18H,2,4-5H2,1,3H3/b8-7+,10-6+/t11-,12+,13+,14+/m1/s1. The molecule has 0 saturated carbocycles. The van der Waals surface area contributed by atoms with Crippen LogP contribution in [0.4, 0.5) is 0 Å². The maximum absolute atomic E-state index is 11.8. The third-order valence-corrected chi connectivity index (χ3v) is 4.04. The number of ether oxygens (including phenoxy) is 2. The number of rotatable bonds is 1. The van der Waals surface area contributed by atoms with Crippen LogP contribution in [-0.4, -0.2) is 47.6 Å². The fourth-order valence-electron chi connectivity index (χ4n) is 2.79. The van der Waals surface area contributed by atoms with E-state index in [0.29, 0.717) is 12.8 Å². The topological polar surface area (TPSA) is 93.1 Å². The summed E-state index contributed by atoms with van der Waals surface area (Å²) in [4.78, 5) is 23.5. The van der Waals surface area contributed by atoms with Crippen molar-refractivity contribution in [2.75, 3.05) is 7.11 Å². The Kier molecular flexibility index (Phi) is 4.83. The van der Waals surface area contributed by atoms with Gasteiger partial charge in [-0.15, -0.1) is 0 Å². The first-order chi connectivity index (χ1) is 10.4. The number of hydrogen-bond donors (Lipinski definition) is 2. The Morgan fingerprint density at radius 1 is 1.45 bits per heavy atom. The van der Waals surface area contributed by atoms with Gasteiger partial charge in [0.05, 0.1) is 24.7 Å². The number of carbonyl (C=O) groups excluding carboxylic acids is 2. The molecule has 1 heterocycles. The zero-order valence-electron chi connectivity index (χ0n) is 12.6. The summed E-state index contributed by atoms with van der Waals surface area (Å²) in [6.07, 6.45) is 0.890. The fraction of sp³-hybridized carbons (Fsp3) is 0.500. The lowest BCUT2D eigenvalue weighted by atomic mass is 9.84. The summed E-state index contributed by atoms with van der Waals surface area (Å²) >= 11 is 0. The molecule has 1 saturated heterocycles. The van der Waals surface area contributed by atoms with Crippen molar-refractivity contribution in [2.24, 2.45) is 5.92 Å². The Morgan fingerprint density at radius 2 is 2.14 bits per heavy atom. The molecular formula is C16H20O6. The van der Waals surface area contributed by atoms with Crippen LogP contribution < -0.4 is 0 Å². The lowest BCUT2D eigenvalue weighted by Crippen LogP contribution is -2.41. The van der Waals surface area contributed by atoms with E-state index in [4.69, 9.17) is 4.74 Å². The number of aliphatic hydroxyl groups is 2.